The third kappa shape index (κ3) is 4.57. The van der Waals surface area contributed by atoms with E-state index in [1.54, 1.807) is 4.90 Å². The highest BCUT2D eigenvalue weighted by Gasteiger charge is 2.20. The molecule has 0 aliphatic heterocycles. The first kappa shape index (κ1) is 19.4. The number of furan rings is 1. The van der Waals surface area contributed by atoms with Crippen LogP contribution in [0.5, 0.6) is 0 Å². The second kappa shape index (κ2) is 11.5. The van der Waals surface area contributed by atoms with Crippen LogP contribution in [0.4, 0.5) is 17.1 Å². The van der Waals surface area contributed by atoms with Crippen molar-refractivity contribution in [3.63, 3.8) is 0 Å². The van der Waals surface area contributed by atoms with Crippen molar-refractivity contribution in [1.82, 2.24) is 0 Å². The van der Waals surface area contributed by atoms with Crippen LogP contribution in [0.2, 0.25) is 0 Å². The Kier molecular flexibility index (Phi) is 4.46. The number of hydrogen-bond acceptors (Lipinski definition) is 2. The van der Waals surface area contributed by atoms with Crippen molar-refractivity contribution in [2.45, 2.75) is 0 Å². The van der Waals surface area contributed by atoms with Gasteiger partial charge in [-0.2, -0.15) is 0 Å². The van der Waals surface area contributed by atoms with Crippen LogP contribution in [0, 0.1) is 0 Å². The van der Waals surface area contributed by atoms with E-state index in [-0.39, 0.29) is 22.0 Å². The Bertz CT molecular complexity index is 3480. The standard InChI is InChI=1S/C48H31NO/c1-4-16-38-32(11-1)14-9-20-39(38)35-23-27-37(28-24-35)49(46-22-10-15-33-12-2-5-17-40(33)46)45-21-8-7-18-41(45)36-26-30-47-44(31-36)43-29-25-34-13-3-6-19-42(34)48(43)50-47/h1-31H/i1D,4D,9D,11D,14D,16D,20D,23D,24D,27D,28D. The molecular weight excluding hydrogens is 607 g/mol. The summed E-state index contributed by atoms with van der Waals surface area (Å²) in [5, 5.41) is 4.85. The van der Waals surface area contributed by atoms with Crippen molar-refractivity contribution in [2.75, 3.05) is 4.90 Å². The Morgan fingerprint density at radius 2 is 1.14 bits per heavy atom. The molecule has 10 rings (SSSR count). The Hall–Kier alpha value is -6.64. The van der Waals surface area contributed by atoms with Gasteiger partial charge < -0.3 is 9.32 Å². The van der Waals surface area contributed by atoms with Gasteiger partial charge in [-0.15, -0.1) is 0 Å². The maximum atomic E-state index is 9.68. The second-order valence-corrected chi connectivity index (χ2v) is 12.1. The van der Waals surface area contributed by atoms with Gasteiger partial charge in [0.2, 0.25) is 0 Å². The highest BCUT2D eigenvalue weighted by Crippen LogP contribution is 2.45. The van der Waals surface area contributed by atoms with E-state index < -0.39 is 72.0 Å². The van der Waals surface area contributed by atoms with Crippen molar-refractivity contribution in [2.24, 2.45) is 0 Å². The maximum absolute atomic E-state index is 9.68. The van der Waals surface area contributed by atoms with Crippen molar-refractivity contribution in [3.05, 3.63) is 188 Å². The number of nitrogens with zero attached hydrogens (tertiary/aromatic N) is 1. The zero-order valence-electron chi connectivity index (χ0n) is 37.4. The molecule has 0 radical (unpaired) electrons. The highest BCUT2D eigenvalue weighted by molar-refractivity contribution is 6.16. The van der Waals surface area contributed by atoms with Crippen LogP contribution in [-0.4, -0.2) is 0 Å². The van der Waals surface area contributed by atoms with Gasteiger partial charge in [0.05, 0.1) is 26.5 Å². The summed E-state index contributed by atoms with van der Waals surface area (Å²) in [7, 11) is 0. The average molecular weight is 649 g/mol. The number of rotatable bonds is 5. The Morgan fingerprint density at radius 3 is 2.04 bits per heavy atom. The monoisotopic (exact) mass is 648 g/mol. The fourth-order valence-corrected chi connectivity index (χ4v) is 6.90. The second-order valence-electron chi connectivity index (χ2n) is 12.1. The van der Waals surface area contributed by atoms with E-state index in [0.29, 0.717) is 22.5 Å². The lowest BCUT2D eigenvalue weighted by Gasteiger charge is -2.29. The molecular formula is C48H31NO. The van der Waals surface area contributed by atoms with Crippen LogP contribution in [0.25, 0.3) is 76.5 Å². The van der Waals surface area contributed by atoms with Gasteiger partial charge in [0.1, 0.15) is 11.2 Å². The number of para-hydroxylation sites is 1. The lowest BCUT2D eigenvalue weighted by atomic mass is 9.97. The minimum atomic E-state index is -0.671. The summed E-state index contributed by atoms with van der Waals surface area (Å²) in [5.74, 6) is 0. The zero-order valence-corrected chi connectivity index (χ0v) is 26.4. The lowest BCUT2D eigenvalue weighted by Crippen LogP contribution is -2.11. The third-order valence-electron chi connectivity index (χ3n) is 9.22. The number of anilines is 3. The van der Waals surface area contributed by atoms with Crippen LogP contribution in [0.15, 0.2) is 192 Å². The van der Waals surface area contributed by atoms with Crippen molar-refractivity contribution >= 4 is 71.3 Å². The molecule has 0 saturated heterocycles. The zero-order chi connectivity index (χ0) is 42.6. The summed E-state index contributed by atoms with van der Waals surface area (Å²) in [5.41, 5.74) is 3.20. The Morgan fingerprint density at radius 1 is 0.420 bits per heavy atom. The molecule has 9 aromatic carbocycles. The first-order chi connectivity index (χ1) is 29.4. The number of fused-ring (bicyclic) bond motifs is 7. The first-order valence-electron chi connectivity index (χ1n) is 21.7. The highest BCUT2D eigenvalue weighted by atomic mass is 16.3. The van der Waals surface area contributed by atoms with E-state index in [1.807, 2.05) is 115 Å². The smallest absolute Gasteiger partial charge is 0.143 e. The van der Waals surface area contributed by atoms with E-state index in [0.717, 1.165) is 43.5 Å². The van der Waals surface area contributed by atoms with Gasteiger partial charge in [0, 0.05) is 32.8 Å². The van der Waals surface area contributed by atoms with E-state index >= 15 is 0 Å². The van der Waals surface area contributed by atoms with E-state index in [1.165, 1.54) is 0 Å². The quantitative estimate of drug-likeness (QED) is 0.185. The number of hydrogen-bond donors (Lipinski definition) is 0. The molecule has 0 amide bonds. The molecule has 10 aromatic rings. The first-order valence-corrected chi connectivity index (χ1v) is 16.2. The van der Waals surface area contributed by atoms with Crippen LogP contribution in [-0.2, 0) is 0 Å². The summed E-state index contributed by atoms with van der Waals surface area (Å²) in [6.45, 7) is 0. The van der Waals surface area contributed by atoms with E-state index in [4.69, 9.17) is 14.0 Å². The van der Waals surface area contributed by atoms with Crippen molar-refractivity contribution < 1.29 is 19.5 Å². The normalized spacial score (nSPS) is 14.7. The van der Waals surface area contributed by atoms with Crippen LogP contribution in [0.3, 0.4) is 0 Å². The molecule has 234 valence electrons. The van der Waals surface area contributed by atoms with Gasteiger partial charge >= 0.3 is 0 Å². The fraction of sp³-hybridized carbons (Fsp3) is 0. The fourth-order valence-electron chi connectivity index (χ4n) is 6.90. The SMILES string of the molecule is [2H]c1c([2H])c(N(c2ccccc2-c2ccc3oc4c5ccccc5ccc4c3c2)c2cccc3ccccc23)c([2H])c([2H])c1-c1c([2H])c([2H])c([2H])c2c([2H])c([2H])c([2H])c([2H])c12. The molecule has 0 atom stereocenters. The van der Waals surface area contributed by atoms with Gasteiger partial charge in [-0.05, 0) is 80.7 Å². The molecule has 0 fully saturated rings. The van der Waals surface area contributed by atoms with Crippen molar-refractivity contribution in [1.29, 1.82) is 0 Å². The molecule has 0 bridgehead atoms. The summed E-state index contributed by atoms with van der Waals surface area (Å²) in [6, 6.07) is 32.3. The minimum Gasteiger partial charge on any atom is -0.455 e. The molecule has 0 aliphatic carbocycles. The molecule has 0 aliphatic rings. The van der Waals surface area contributed by atoms with E-state index in [2.05, 4.69) is 6.07 Å². The third-order valence-corrected chi connectivity index (χ3v) is 9.22. The molecule has 1 aromatic heterocycles. The van der Waals surface area contributed by atoms with Gasteiger partial charge in [0.15, 0.2) is 0 Å². The molecule has 1 heterocycles. The Labute approximate surface area is 305 Å². The van der Waals surface area contributed by atoms with Gasteiger partial charge in [-0.1, -0.05) is 145 Å². The molecule has 0 spiro atoms. The lowest BCUT2D eigenvalue weighted by molar-refractivity contribution is 0.672. The molecule has 0 unspecified atom stereocenters. The Balaban J connectivity index is 1.26. The predicted molar refractivity (Wildman–Crippen MR) is 212 cm³/mol. The predicted octanol–water partition coefficient (Wildman–Crippen LogP) is 13.8. The molecule has 0 N–H and O–H groups in total. The molecule has 2 nitrogen and oxygen atoms in total. The molecule has 2 heteroatoms. The summed E-state index contributed by atoms with van der Waals surface area (Å²) < 4.78 is 105. The van der Waals surface area contributed by atoms with Crippen LogP contribution in [0.1, 0.15) is 15.1 Å². The van der Waals surface area contributed by atoms with Crippen molar-refractivity contribution in [3.8, 4) is 22.3 Å². The maximum Gasteiger partial charge on any atom is 0.143 e. The van der Waals surface area contributed by atoms with Crippen LogP contribution < -0.4 is 4.90 Å². The van der Waals surface area contributed by atoms with Gasteiger partial charge in [-0.25, -0.2) is 0 Å². The summed E-state index contributed by atoms with van der Waals surface area (Å²) in [4.78, 5) is 1.71. The minimum absolute atomic E-state index is 0.107. The van der Waals surface area contributed by atoms with Crippen LogP contribution >= 0.6 is 0 Å². The average Bonchev–Trinajstić information content (AvgIpc) is 3.67. The number of benzene rings is 9. The summed E-state index contributed by atoms with van der Waals surface area (Å²) >= 11 is 0. The van der Waals surface area contributed by atoms with Gasteiger partial charge in [0.25, 0.3) is 0 Å². The van der Waals surface area contributed by atoms with Gasteiger partial charge in [-0.3, -0.25) is 0 Å². The topological polar surface area (TPSA) is 16.4 Å². The largest absolute Gasteiger partial charge is 0.455 e. The van der Waals surface area contributed by atoms with E-state index in [9.17, 15) is 5.48 Å². The summed E-state index contributed by atoms with van der Waals surface area (Å²) in [6.07, 6.45) is 0. The molecule has 50 heavy (non-hydrogen) atoms. The molecule has 0 saturated carbocycles.